The van der Waals surface area contributed by atoms with E-state index in [4.69, 9.17) is 5.26 Å². The Morgan fingerprint density at radius 1 is 1.05 bits per heavy atom. The van der Waals surface area contributed by atoms with Crippen molar-refractivity contribution in [2.45, 2.75) is 58.0 Å². The number of nitrogens with zero attached hydrogens (tertiary/aromatic N) is 1. The Morgan fingerprint density at radius 2 is 1.70 bits per heavy atom. The first-order valence-electron chi connectivity index (χ1n) is 7.09. The van der Waals surface area contributed by atoms with E-state index in [1.54, 1.807) is 6.07 Å². The lowest BCUT2D eigenvalue weighted by Crippen LogP contribution is -2.09. The lowest BCUT2D eigenvalue weighted by molar-refractivity contribution is -0.138. The predicted octanol–water partition coefficient (Wildman–Crippen LogP) is 5.48. The molecule has 0 heterocycles. The number of rotatable bonds is 7. The number of alkyl halides is 3. The van der Waals surface area contributed by atoms with E-state index in [1.165, 1.54) is 18.6 Å². The number of aryl methyl sites for hydroxylation is 1. The number of hydrogen-bond donors (Lipinski definition) is 0. The molecular weight excluding hydrogens is 263 g/mol. The molecule has 0 N–H and O–H groups in total. The normalized spacial score (nSPS) is 11.3. The summed E-state index contributed by atoms with van der Waals surface area (Å²) >= 11 is 0. The van der Waals surface area contributed by atoms with Crippen molar-refractivity contribution in [1.82, 2.24) is 0 Å². The highest BCUT2D eigenvalue weighted by Crippen LogP contribution is 2.33. The summed E-state index contributed by atoms with van der Waals surface area (Å²) in [6.45, 7) is 2.13. The lowest BCUT2D eigenvalue weighted by atomic mass is 9.98. The summed E-state index contributed by atoms with van der Waals surface area (Å²) in [4.78, 5) is 0. The SMILES string of the molecule is CCCCCCCCc1ccc(C#N)cc1C(F)(F)F. The maximum absolute atomic E-state index is 12.9. The zero-order valence-electron chi connectivity index (χ0n) is 11.8. The number of nitriles is 1. The van der Waals surface area contributed by atoms with E-state index in [2.05, 4.69) is 6.92 Å². The van der Waals surface area contributed by atoms with Gasteiger partial charge >= 0.3 is 6.18 Å². The van der Waals surface area contributed by atoms with Gasteiger partial charge in [-0.3, -0.25) is 0 Å². The monoisotopic (exact) mass is 283 g/mol. The van der Waals surface area contributed by atoms with E-state index in [9.17, 15) is 13.2 Å². The molecule has 0 aliphatic carbocycles. The summed E-state index contributed by atoms with van der Waals surface area (Å²) in [6, 6.07) is 5.61. The average Bonchev–Trinajstić information content (AvgIpc) is 2.41. The summed E-state index contributed by atoms with van der Waals surface area (Å²) in [6.07, 6.45) is 2.33. The van der Waals surface area contributed by atoms with Gasteiger partial charge in [-0.25, -0.2) is 0 Å². The number of benzene rings is 1. The number of hydrogen-bond acceptors (Lipinski definition) is 1. The van der Waals surface area contributed by atoms with Crippen LogP contribution in [-0.4, -0.2) is 0 Å². The fourth-order valence-corrected chi connectivity index (χ4v) is 2.22. The van der Waals surface area contributed by atoms with Crippen LogP contribution < -0.4 is 0 Å². The zero-order valence-corrected chi connectivity index (χ0v) is 11.8. The third-order valence-electron chi connectivity index (χ3n) is 3.34. The Hall–Kier alpha value is -1.50. The van der Waals surface area contributed by atoms with Crippen molar-refractivity contribution in [2.24, 2.45) is 0 Å². The van der Waals surface area contributed by atoms with Crippen molar-refractivity contribution in [3.05, 3.63) is 34.9 Å². The molecule has 0 fully saturated rings. The van der Waals surface area contributed by atoms with Crippen LogP contribution in [-0.2, 0) is 12.6 Å². The van der Waals surface area contributed by atoms with Gasteiger partial charge in [0, 0.05) is 0 Å². The van der Waals surface area contributed by atoms with Gasteiger partial charge in [-0.15, -0.1) is 0 Å². The average molecular weight is 283 g/mol. The van der Waals surface area contributed by atoms with Gasteiger partial charge in [-0.1, -0.05) is 45.1 Å². The Bertz CT molecular complexity index is 458. The van der Waals surface area contributed by atoms with Gasteiger partial charge in [0.2, 0.25) is 0 Å². The van der Waals surface area contributed by atoms with Gasteiger partial charge in [0.25, 0.3) is 0 Å². The zero-order chi connectivity index (χ0) is 15.0. The minimum atomic E-state index is -4.38. The maximum atomic E-state index is 12.9. The van der Waals surface area contributed by atoms with E-state index in [0.29, 0.717) is 12.0 Å². The van der Waals surface area contributed by atoms with Crippen LogP contribution in [0.15, 0.2) is 18.2 Å². The second-order valence-corrected chi connectivity index (χ2v) is 5.00. The van der Waals surface area contributed by atoms with Crippen LogP contribution in [0.1, 0.15) is 62.1 Å². The molecule has 0 radical (unpaired) electrons. The summed E-state index contributed by atoms with van der Waals surface area (Å²) in [5.74, 6) is 0. The van der Waals surface area contributed by atoms with Crippen LogP contribution in [0.4, 0.5) is 13.2 Å². The second kappa shape index (κ2) is 7.94. The molecule has 0 aliphatic heterocycles. The first kappa shape index (κ1) is 16.6. The summed E-state index contributed by atoms with van der Waals surface area (Å²) in [5.41, 5.74) is -0.305. The Balaban J connectivity index is 2.63. The van der Waals surface area contributed by atoms with Crippen LogP contribution in [0.5, 0.6) is 0 Å². The van der Waals surface area contributed by atoms with Crippen molar-refractivity contribution in [3.8, 4) is 6.07 Å². The van der Waals surface area contributed by atoms with Gasteiger partial charge in [-0.05, 0) is 30.5 Å². The Labute approximate surface area is 118 Å². The van der Waals surface area contributed by atoms with Crippen LogP contribution in [0.25, 0.3) is 0 Å². The van der Waals surface area contributed by atoms with Crippen LogP contribution in [0, 0.1) is 11.3 Å². The van der Waals surface area contributed by atoms with Crippen molar-refractivity contribution in [3.63, 3.8) is 0 Å². The molecule has 0 amide bonds. The topological polar surface area (TPSA) is 23.8 Å². The minimum absolute atomic E-state index is 0.0593. The van der Waals surface area contributed by atoms with E-state index >= 15 is 0 Å². The molecule has 0 aliphatic rings. The molecular formula is C16H20F3N. The standard InChI is InChI=1S/C16H20F3N/c1-2-3-4-5-6-7-8-14-10-9-13(12-20)11-15(14)16(17,18)19/h9-11H,2-8H2,1H3. The first-order chi connectivity index (χ1) is 9.49. The van der Waals surface area contributed by atoms with Crippen molar-refractivity contribution in [2.75, 3.05) is 0 Å². The highest BCUT2D eigenvalue weighted by molar-refractivity contribution is 5.39. The molecule has 110 valence electrons. The summed E-state index contributed by atoms with van der Waals surface area (Å²) in [7, 11) is 0. The van der Waals surface area contributed by atoms with Gasteiger partial charge in [0.05, 0.1) is 17.2 Å². The molecule has 4 heteroatoms. The molecule has 0 saturated heterocycles. The molecule has 0 bridgehead atoms. The predicted molar refractivity (Wildman–Crippen MR) is 73.2 cm³/mol. The van der Waals surface area contributed by atoms with Crippen molar-refractivity contribution < 1.29 is 13.2 Å². The maximum Gasteiger partial charge on any atom is 0.416 e. The van der Waals surface area contributed by atoms with E-state index < -0.39 is 11.7 Å². The largest absolute Gasteiger partial charge is 0.416 e. The lowest BCUT2D eigenvalue weighted by Gasteiger charge is -2.13. The molecule has 20 heavy (non-hydrogen) atoms. The van der Waals surface area contributed by atoms with Crippen LogP contribution in [0.2, 0.25) is 0 Å². The van der Waals surface area contributed by atoms with Gasteiger partial charge < -0.3 is 0 Å². The van der Waals surface area contributed by atoms with Gasteiger partial charge in [0.1, 0.15) is 0 Å². The smallest absolute Gasteiger partial charge is 0.192 e. The molecule has 1 nitrogen and oxygen atoms in total. The van der Waals surface area contributed by atoms with E-state index in [-0.39, 0.29) is 5.56 Å². The highest BCUT2D eigenvalue weighted by atomic mass is 19.4. The molecule has 0 unspecified atom stereocenters. The molecule has 1 aromatic carbocycles. The minimum Gasteiger partial charge on any atom is -0.192 e. The van der Waals surface area contributed by atoms with Crippen molar-refractivity contribution in [1.29, 1.82) is 5.26 Å². The summed E-state index contributed by atoms with van der Waals surface area (Å²) < 4.78 is 38.8. The third-order valence-corrected chi connectivity index (χ3v) is 3.34. The highest BCUT2D eigenvalue weighted by Gasteiger charge is 2.33. The molecule has 0 saturated carbocycles. The van der Waals surface area contributed by atoms with Crippen LogP contribution >= 0.6 is 0 Å². The van der Waals surface area contributed by atoms with Gasteiger partial charge in [0.15, 0.2) is 0 Å². The quantitative estimate of drug-likeness (QED) is 0.608. The third kappa shape index (κ3) is 5.24. The van der Waals surface area contributed by atoms with E-state index in [0.717, 1.165) is 38.2 Å². The van der Waals surface area contributed by atoms with Crippen LogP contribution in [0.3, 0.4) is 0 Å². The fraction of sp³-hybridized carbons (Fsp3) is 0.562. The Kier molecular flexibility index (Phi) is 6.57. The number of halogens is 3. The molecule has 0 atom stereocenters. The molecule has 0 aromatic heterocycles. The second-order valence-electron chi connectivity index (χ2n) is 5.00. The van der Waals surface area contributed by atoms with Gasteiger partial charge in [-0.2, -0.15) is 18.4 Å². The molecule has 0 spiro atoms. The Morgan fingerprint density at radius 3 is 2.30 bits per heavy atom. The first-order valence-corrected chi connectivity index (χ1v) is 7.09. The molecule has 1 aromatic rings. The van der Waals surface area contributed by atoms with Crippen molar-refractivity contribution >= 4 is 0 Å². The fourth-order valence-electron chi connectivity index (χ4n) is 2.22. The number of unbranched alkanes of at least 4 members (excludes halogenated alkanes) is 5. The summed E-state index contributed by atoms with van der Waals surface area (Å²) in [5, 5.41) is 8.70. The van der Waals surface area contributed by atoms with E-state index in [1.807, 2.05) is 0 Å². The molecule has 1 rings (SSSR count).